The lowest BCUT2D eigenvalue weighted by Gasteiger charge is -2.00. The van der Waals surface area contributed by atoms with Gasteiger partial charge in [0.05, 0.1) is 11.7 Å². The normalized spacial score (nSPS) is 10.8. The standard InChI is InChI=1S/C9H12N4/c10-4-3-9-12-5-8-2-1-7(11)6-13(8)9/h1-2,5-6H,3-4,10-11H2. The Labute approximate surface area is 76.2 Å². The van der Waals surface area contributed by atoms with Gasteiger partial charge in [-0.25, -0.2) is 4.98 Å². The Hall–Kier alpha value is -1.55. The van der Waals surface area contributed by atoms with Crippen molar-refractivity contribution in [2.24, 2.45) is 5.73 Å². The van der Waals surface area contributed by atoms with Crippen molar-refractivity contribution in [3.8, 4) is 0 Å². The number of rotatable bonds is 2. The van der Waals surface area contributed by atoms with Crippen LogP contribution in [-0.4, -0.2) is 15.9 Å². The molecule has 13 heavy (non-hydrogen) atoms. The van der Waals surface area contributed by atoms with Crippen molar-refractivity contribution >= 4 is 11.2 Å². The molecular weight excluding hydrogens is 164 g/mol. The highest BCUT2D eigenvalue weighted by Crippen LogP contribution is 2.10. The second kappa shape index (κ2) is 3.06. The van der Waals surface area contributed by atoms with Crippen molar-refractivity contribution in [1.82, 2.24) is 9.38 Å². The molecule has 0 saturated carbocycles. The van der Waals surface area contributed by atoms with Crippen molar-refractivity contribution in [3.05, 3.63) is 30.4 Å². The third-order valence-corrected chi connectivity index (χ3v) is 1.99. The predicted molar refractivity (Wildman–Crippen MR) is 52.4 cm³/mol. The van der Waals surface area contributed by atoms with E-state index in [0.29, 0.717) is 6.54 Å². The zero-order valence-corrected chi connectivity index (χ0v) is 7.27. The first-order valence-corrected chi connectivity index (χ1v) is 4.23. The van der Waals surface area contributed by atoms with Gasteiger partial charge in [-0.3, -0.25) is 0 Å². The maximum Gasteiger partial charge on any atom is 0.114 e. The van der Waals surface area contributed by atoms with Crippen LogP contribution in [0.25, 0.3) is 5.52 Å². The Kier molecular flexibility index (Phi) is 1.90. The van der Waals surface area contributed by atoms with Gasteiger partial charge in [0.25, 0.3) is 0 Å². The number of aromatic nitrogens is 2. The molecule has 0 spiro atoms. The van der Waals surface area contributed by atoms with Gasteiger partial charge < -0.3 is 15.9 Å². The fourth-order valence-corrected chi connectivity index (χ4v) is 1.37. The highest BCUT2D eigenvalue weighted by Gasteiger charge is 2.01. The quantitative estimate of drug-likeness (QED) is 0.696. The van der Waals surface area contributed by atoms with Crippen molar-refractivity contribution in [2.45, 2.75) is 6.42 Å². The maximum absolute atomic E-state index is 5.67. The van der Waals surface area contributed by atoms with Crippen molar-refractivity contribution < 1.29 is 0 Å². The molecule has 0 aliphatic heterocycles. The van der Waals surface area contributed by atoms with Gasteiger partial charge in [0.1, 0.15) is 5.82 Å². The third kappa shape index (κ3) is 1.36. The first kappa shape index (κ1) is 8.07. The predicted octanol–water partition coefficient (Wildman–Crippen LogP) is 0.418. The minimum Gasteiger partial charge on any atom is -0.398 e. The monoisotopic (exact) mass is 176 g/mol. The molecule has 2 rings (SSSR count). The Morgan fingerprint density at radius 3 is 3.00 bits per heavy atom. The molecule has 0 saturated heterocycles. The first-order chi connectivity index (χ1) is 6.31. The topological polar surface area (TPSA) is 69.3 Å². The summed E-state index contributed by atoms with van der Waals surface area (Å²) in [5, 5.41) is 0. The second-order valence-electron chi connectivity index (χ2n) is 2.97. The van der Waals surface area contributed by atoms with E-state index < -0.39 is 0 Å². The van der Waals surface area contributed by atoms with Gasteiger partial charge in [-0.15, -0.1) is 0 Å². The summed E-state index contributed by atoms with van der Waals surface area (Å²) in [6.07, 6.45) is 4.47. The fourth-order valence-electron chi connectivity index (χ4n) is 1.37. The smallest absolute Gasteiger partial charge is 0.114 e. The molecule has 2 aromatic rings. The van der Waals surface area contributed by atoms with Crippen LogP contribution in [0.1, 0.15) is 5.82 Å². The first-order valence-electron chi connectivity index (χ1n) is 4.23. The number of anilines is 1. The average Bonchev–Trinajstić information content (AvgIpc) is 2.49. The number of nitrogens with zero attached hydrogens (tertiary/aromatic N) is 2. The summed E-state index contributed by atoms with van der Waals surface area (Å²) in [4.78, 5) is 4.25. The number of hydrogen-bond acceptors (Lipinski definition) is 3. The van der Waals surface area contributed by atoms with Gasteiger partial charge in [-0.2, -0.15) is 0 Å². The Morgan fingerprint density at radius 1 is 1.38 bits per heavy atom. The van der Waals surface area contributed by atoms with Crippen LogP contribution in [0.4, 0.5) is 5.69 Å². The molecule has 68 valence electrons. The van der Waals surface area contributed by atoms with Gasteiger partial charge >= 0.3 is 0 Å². The van der Waals surface area contributed by atoms with E-state index in [-0.39, 0.29) is 0 Å². The molecule has 0 aliphatic carbocycles. The highest BCUT2D eigenvalue weighted by atomic mass is 15.0. The van der Waals surface area contributed by atoms with Gasteiger partial charge in [-0.1, -0.05) is 0 Å². The van der Waals surface area contributed by atoms with Crippen LogP contribution in [0.2, 0.25) is 0 Å². The number of imidazole rings is 1. The molecule has 0 bridgehead atoms. The number of nitrogen functional groups attached to an aromatic ring is 1. The summed E-state index contributed by atoms with van der Waals surface area (Å²) in [6, 6.07) is 3.81. The number of fused-ring (bicyclic) bond motifs is 1. The molecule has 2 aromatic heterocycles. The number of hydrogen-bond donors (Lipinski definition) is 2. The Bertz CT molecular complexity index is 418. The lowest BCUT2D eigenvalue weighted by Crippen LogP contribution is -2.06. The molecule has 2 heterocycles. The molecule has 4 nitrogen and oxygen atoms in total. The zero-order valence-electron chi connectivity index (χ0n) is 7.27. The van der Waals surface area contributed by atoms with E-state index in [1.54, 1.807) is 0 Å². The molecule has 4 heteroatoms. The van der Waals surface area contributed by atoms with E-state index in [2.05, 4.69) is 4.98 Å². The van der Waals surface area contributed by atoms with E-state index in [1.165, 1.54) is 0 Å². The van der Waals surface area contributed by atoms with Crippen molar-refractivity contribution in [3.63, 3.8) is 0 Å². The number of nitrogens with two attached hydrogens (primary N) is 2. The van der Waals surface area contributed by atoms with Crippen LogP contribution < -0.4 is 11.5 Å². The zero-order chi connectivity index (χ0) is 9.26. The van der Waals surface area contributed by atoms with Gasteiger partial charge in [0, 0.05) is 18.3 Å². The molecule has 0 aromatic carbocycles. The van der Waals surface area contributed by atoms with E-state index in [9.17, 15) is 0 Å². The van der Waals surface area contributed by atoms with Crippen LogP contribution in [0.5, 0.6) is 0 Å². The Balaban J connectivity index is 2.58. The molecule has 4 N–H and O–H groups in total. The molecular formula is C9H12N4. The summed E-state index contributed by atoms with van der Waals surface area (Å²) in [7, 11) is 0. The summed E-state index contributed by atoms with van der Waals surface area (Å²) in [6.45, 7) is 0.605. The minimum atomic E-state index is 0.605. The highest BCUT2D eigenvalue weighted by molar-refractivity contribution is 5.52. The fraction of sp³-hybridized carbons (Fsp3) is 0.222. The SMILES string of the molecule is NCCc1ncc2ccc(N)cn12. The summed E-state index contributed by atoms with van der Waals surface area (Å²) in [5.74, 6) is 0.963. The molecule has 0 amide bonds. The van der Waals surface area contributed by atoms with Crippen LogP contribution in [0.3, 0.4) is 0 Å². The molecule has 0 aliphatic rings. The Morgan fingerprint density at radius 2 is 2.23 bits per heavy atom. The van der Waals surface area contributed by atoms with Crippen molar-refractivity contribution in [2.75, 3.05) is 12.3 Å². The average molecular weight is 176 g/mol. The van der Waals surface area contributed by atoms with Crippen molar-refractivity contribution in [1.29, 1.82) is 0 Å². The lowest BCUT2D eigenvalue weighted by atomic mass is 10.3. The lowest BCUT2D eigenvalue weighted by molar-refractivity contribution is 0.864. The number of pyridine rings is 1. The van der Waals surface area contributed by atoms with Crippen LogP contribution in [0, 0.1) is 0 Å². The maximum atomic E-state index is 5.67. The summed E-state index contributed by atoms with van der Waals surface area (Å²) >= 11 is 0. The van der Waals surface area contributed by atoms with Gasteiger partial charge in [0.2, 0.25) is 0 Å². The van der Waals surface area contributed by atoms with E-state index in [1.807, 2.05) is 28.9 Å². The van der Waals surface area contributed by atoms with Crippen LogP contribution >= 0.6 is 0 Å². The molecule has 0 atom stereocenters. The van der Waals surface area contributed by atoms with Crippen LogP contribution in [-0.2, 0) is 6.42 Å². The van der Waals surface area contributed by atoms with Crippen LogP contribution in [0.15, 0.2) is 24.5 Å². The third-order valence-electron chi connectivity index (χ3n) is 1.99. The summed E-state index contributed by atoms with van der Waals surface area (Å²) in [5.41, 5.74) is 12.9. The molecule has 0 fully saturated rings. The second-order valence-corrected chi connectivity index (χ2v) is 2.97. The van der Waals surface area contributed by atoms with E-state index in [0.717, 1.165) is 23.4 Å². The summed E-state index contributed by atoms with van der Waals surface area (Å²) < 4.78 is 1.97. The molecule has 0 unspecified atom stereocenters. The minimum absolute atomic E-state index is 0.605. The van der Waals surface area contributed by atoms with E-state index >= 15 is 0 Å². The van der Waals surface area contributed by atoms with Gasteiger partial charge in [-0.05, 0) is 18.7 Å². The van der Waals surface area contributed by atoms with E-state index in [4.69, 9.17) is 11.5 Å². The molecule has 0 radical (unpaired) electrons. The van der Waals surface area contributed by atoms with Gasteiger partial charge in [0.15, 0.2) is 0 Å². The largest absolute Gasteiger partial charge is 0.398 e.